The highest BCUT2D eigenvalue weighted by molar-refractivity contribution is 5.46. The number of nitrogens with one attached hydrogen (secondary N) is 1. The fourth-order valence-corrected chi connectivity index (χ4v) is 1.08. The van der Waals surface area contributed by atoms with Gasteiger partial charge in [-0.3, -0.25) is 0 Å². The van der Waals surface area contributed by atoms with Crippen LogP contribution < -0.4 is 11.1 Å². The number of hydrogen-bond donors (Lipinski definition) is 2. The van der Waals surface area contributed by atoms with Gasteiger partial charge < -0.3 is 11.1 Å². The van der Waals surface area contributed by atoms with Gasteiger partial charge in [-0.2, -0.15) is 0 Å². The fourth-order valence-electron chi connectivity index (χ4n) is 1.08. The van der Waals surface area contributed by atoms with Crippen LogP contribution in [-0.2, 0) is 0 Å². The lowest BCUT2D eigenvalue weighted by Gasteiger charge is -2.12. The van der Waals surface area contributed by atoms with E-state index < -0.39 is 0 Å². The van der Waals surface area contributed by atoms with Gasteiger partial charge >= 0.3 is 0 Å². The van der Waals surface area contributed by atoms with E-state index in [1.807, 2.05) is 6.07 Å². The van der Waals surface area contributed by atoms with E-state index in [4.69, 9.17) is 5.73 Å². The number of anilines is 1. The van der Waals surface area contributed by atoms with E-state index in [2.05, 4.69) is 37.4 Å². The number of aryl methyl sites for hydroxylation is 1. The summed E-state index contributed by atoms with van der Waals surface area (Å²) in [6.07, 6.45) is 0. The van der Waals surface area contributed by atoms with Gasteiger partial charge in [0.2, 0.25) is 0 Å². The van der Waals surface area contributed by atoms with Crippen molar-refractivity contribution in [3.05, 3.63) is 29.8 Å². The fraction of sp³-hybridized carbons (Fsp3) is 0.400. The molecule has 66 valence electrons. The summed E-state index contributed by atoms with van der Waals surface area (Å²) in [7, 11) is 0. The molecule has 0 aliphatic heterocycles. The van der Waals surface area contributed by atoms with Gasteiger partial charge in [0.25, 0.3) is 0 Å². The molecule has 12 heavy (non-hydrogen) atoms. The zero-order chi connectivity index (χ0) is 8.97. The molecule has 3 N–H and O–H groups in total. The first-order valence-electron chi connectivity index (χ1n) is 4.25. The minimum Gasteiger partial charge on any atom is -0.381 e. The van der Waals surface area contributed by atoms with Gasteiger partial charge in [0, 0.05) is 18.3 Å². The number of nitrogens with two attached hydrogens (primary N) is 1. The summed E-state index contributed by atoms with van der Waals surface area (Å²) < 4.78 is 0. The third-order valence-corrected chi connectivity index (χ3v) is 1.78. The van der Waals surface area contributed by atoms with Crippen LogP contribution in [0.4, 0.5) is 5.69 Å². The quantitative estimate of drug-likeness (QED) is 0.714. The Labute approximate surface area is 73.8 Å². The van der Waals surface area contributed by atoms with E-state index in [1.54, 1.807) is 0 Å². The Morgan fingerprint density at radius 3 is 2.83 bits per heavy atom. The zero-order valence-corrected chi connectivity index (χ0v) is 7.67. The summed E-state index contributed by atoms with van der Waals surface area (Å²) in [6.45, 7) is 4.81. The Morgan fingerprint density at radius 1 is 1.50 bits per heavy atom. The maximum atomic E-state index is 5.50. The number of rotatable bonds is 3. The molecule has 0 fully saturated rings. The Hall–Kier alpha value is -1.02. The summed E-state index contributed by atoms with van der Waals surface area (Å²) in [4.78, 5) is 0. The second kappa shape index (κ2) is 4.12. The number of hydrogen-bond acceptors (Lipinski definition) is 2. The lowest BCUT2D eigenvalue weighted by atomic mass is 10.2. The molecule has 0 saturated heterocycles. The van der Waals surface area contributed by atoms with Gasteiger partial charge in [0.15, 0.2) is 0 Å². The van der Waals surface area contributed by atoms with Crippen molar-refractivity contribution in [3.8, 4) is 0 Å². The average molecular weight is 164 g/mol. The normalized spacial score (nSPS) is 12.6. The summed E-state index contributed by atoms with van der Waals surface area (Å²) in [5.74, 6) is 0. The van der Waals surface area contributed by atoms with Crippen LogP contribution in [0.25, 0.3) is 0 Å². The molecule has 1 aromatic carbocycles. The molecule has 1 aromatic rings. The Bertz CT molecular complexity index is 245. The molecular formula is C10H16N2. The Balaban J connectivity index is 2.63. The van der Waals surface area contributed by atoms with Crippen LogP contribution in [0.15, 0.2) is 24.3 Å². The van der Waals surface area contributed by atoms with Crippen molar-refractivity contribution in [2.24, 2.45) is 5.73 Å². The van der Waals surface area contributed by atoms with Gasteiger partial charge in [-0.25, -0.2) is 0 Å². The molecule has 2 heteroatoms. The molecule has 0 radical (unpaired) electrons. The molecule has 0 aliphatic rings. The van der Waals surface area contributed by atoms with Crippen molar-refractivity contribution in [1.82, 2.24) is 0 Å². The van der Waals surface area contributed by atoms with Crippen molar-refractivity contribution in [2.75, 3.05) is 11.9 Å². The SMILES string of the molecule is Cc1cccc(NC(C)CN)c1. The van der Waals surface area contributed by atoms with E-state index in [-0.39, 0.29) is 0 Å². The Morgan fingerprint density at radius 2 is 2.25 bits per heavy atom. The van der Waals surface area contributed by atoms with E-state index in [1.165, 1.54) is 5.56 Å². The largest absolute Gasteiger partial charge is 0.381 e. The number of benzene rings is 1. The maximum Gasteiger partial charge on any atom is 0.0355 e. The standard InChI is InChI=1S/C10H16N2/c1-8-4-3-5-10(6-8)12-9(2)7-11/h3-6,9,12H,7,11H2,1-2H3. The highest BCUT2D eigenvalue weighted by atomic mass is 14.9. The topological polar surface area (TPSA) is 38.0 Å². The molecule has 0 saturated carbocycles. The molecule has 1 rings (SSSR count). The lowest BCUT2D eigenvalue weighted by molar-refractivity contribution is 0.804. The van der Waals surface area contributed by atoms with Crippen LogP contribution >= 0.6 is 0 Å². The van der Waals surface area contributed by atoms with E-state index >= 15 is 0 Å². The Kier molecular flexibility index (Phi) is 3.11. The van der Waals surface area contributed by atoms with Crippen molar-refractivity contribution >= 4 is 5.69 Å². The van der Waals surface area contributed by atoms with Gasteiger partial charge in [-0.1, -0.05) is 12.1 Å². The monoisotopic (exact) mass is 164 g/mol. The first-order valence-corrected chi connectivity index (χ1v) is 4.25. The molecule has 0 aromatic heterocycles. The highest BCUT2D eigenvalue weighted by Crippen LogP contribution is 2.10. The molecule has 0 amide bonds. The third kappa shape index (κ3) is 2.55. The van der Waals surface area contributed by atoms with Gasteiger partial charge in [-0.15, -0.1) is 0 Å². The van der Waals surface area contributed by atoms with Crippen molar-refractivity contribution in [1.29, 1.82) is 0 Å². The molecule has 0 heterocycles. The van der Waals surface area contributed by atoms with E-state index in [9.17, 15) is 0 Å². The third-order valence-electron chi connectivity index (χ3n) is 1.78. The minimum atomic E-state index is 0.340. The maximum absolute atomic E-state index is 5.50. The van der Waals surface area contributed by atoms with Crippen LogP contribution in [0.3, 0.4) is 0 Å². The van der Waals surface area contributed by atoms with Crippen LogP contribution in [0.1, 0.15) is 12.5 Å². The summed E-state index contributed by atoms with van der Waals surface area (Å²) in [5.41, 5.74) is 7.91. The summed E-state index contributed by atoms with van der Waals surface area (Å²) in [6, 6.07) is 8.64. The predicted octanol–water partition coefficient (Wildman–Crippen LogP) is 1.75. The predicted molar refractivity (Wildman–Crippen MR) is 53.3 cm³/mol. The first kappa shape index (κ1) is 9.07. The molecule has 0 aliphatic carbocycles. The van der Waals surface area contributed by atoms with Crippen molar-refractivity contribution in [2.45, 2.75) is 19.9 Å². The molecule has 0 bridgehead atoms. The smallest absolute Gasteiger partial charge is 0.0355 e. The van der Waals surface area contributed by atoms with E-state index in [0.29, 0.717) is 12.6 Å². The second-order valence-corrected chi connectivity index (χ2v) is 3.15. The molecule has 1 unspecified atom stereocenters. The van der Waals surface area contributed by atoms with Crippen LogP contribution in [0, 0.1) is 6.92 Å². The summed E-state index contributed by atoms with van der Waals surface area (Å²) in [5, 5.41) is 3.31. The first-order chi connectivity index (χ1) is 5.72. The molecule has 2 nitrogen and oxygen atoms in total. The zero-order valence-electron chi connectivity index (χ0n) is 7.67. The van der Waals surface area contributed by atoms with Crippen LogP contribution in [0.2, 0.25) is 0 Å². The van der Waals surface area contributed by atoms with Crippen molar-refractivity contribution in [3.63, 3.8) is 0 Å². The molecule has 0 spiro atoms. The van der Waals surface area contributed by atoms with E-state index in [0.717, 1.165) is 5.69 Å². The molecular weight excluding hydrogens is 148 g/mol. The average Bonchev–Trinajstić information content (AvgIpc) is 2.04. The highest BCUT2D eigenvalue weighted by Gasteiger charge is 1.97. The lowest BCUT2D eigenvalue weighted by Crippen LogP contribution is -2.25. The van der Waals surface area contributed by atoms with Crippen molar-refractivity contribution < 1.29 is 0 Å². The van der Waals surface area contributed by atoms with Gasteiger partial charge in [0.1, 0.15) is 0 Å². The van der Waals surface area contributed by atoms with Gasteiger partial charge in [-0.05, 0) is 31.5 Å². The van der Waals surface area contributed by atoms with Gasteiger partial charge in [0.05, 0.1) is 0 Å². The van der Waals surface area contributed by atoms with Crippen LogP contribution in [0.5, 0.6) is 0 Å². The second-order valence-electron chi connectivity index (χ2n) is 3.15. The minimum absolute atomic E-state index is 0.340. The summed E-state index contributed by atoms with van der Waals surface area (Å²) >= 11 is 0. The van der Waals surface area contributed by atoms with Crippen LogP contribution in [-0.4, -0.2) is 12.6 Å². The molecule has 1 atom stereocenters.